The van der Waals surface area contributed by atoms with Gasteiger partial charge in [-0.15, -0.1) is 0 Å². The van der Waals surface area contributed by atoms with E-state index >= 15 is 0 Å². The van der Waals surface area contributed by atoms with Crippen LogP contribution >= 0.6 is 0 Å². The molecule has 1 saturated carbocycles. The van der Waals surface area contributed by atoms with Gasteiger partial charge in [-0.25, -0.2) is 9.97 Å². The molecule has 2 rings (SSSR count). The van der Waals surface area contributed by atoms with E-state index in [1.807, 2.05) is 6.08 Å². The molecule has 0 N–H and O–H groups in total. The van der Waals surface area contributed by atoms with Crippen LogP contribution in [0.5, 0.6) is 5.75 Å². The fourth-order valence-corrected chi connectivity index (χ4v) is 2.39. The lowest BCUT2D eigenvalue weighted by Gasteiger charge is -2.38. The highest BCUT2D eigenvalue weighted by Crippen LogP contribution is 2.30. The Bertz CT molecular complexity index is 518. The van der Waals surface area contributed by atoms with Gasteiger partial charge in [-0.1, -0.05) is 26.8 Å². The van der Waals surface area contributed by atoms with Gasteiger partial charge in [-0.2, -0.15) is 0 Å². The summed E-state index contributed by atoms with van der Waals surface area (Å²) >= 11 is 0. The monoisotopic (exact) mass is 318 g/mol. The molecule has 1 aliphatic rings. The maximum Gasteiger partial charge on any atom is 0.156 e. The lowest BCUT2D eigenvalue weighted by Crippen LogP contribution is -2.43. The SMILES string of the molecule is CC(C)(C)C/C=C/c1ncc(O[C@H]2C[C@H](OC(C)(C)C)C2)cn1. The number of allylic oxidation sites excluding steroid dienone is 1. The molecule has 0 aliphatic heterocycles. The van der Waals surface area contributed by atoms with E-state index in [9.17, 15) is 0 Å². The fourth-order valence-electron chi connectivity index (χ4n) is 2.39. The normalized spacial score (nSPS) is 22.2. The number of hydrogen-bond acceptors (Lipinski definition) is 4. The molecule has 0 saturated heterocycles. The molecule has 0 radical (unpaired) electrons. The number of nitrogens with zero attached hydrogens (tertiary/aromatic N) is 2. The third-order valence-corrected chi connectivity index (χ3v) is 3.52. The van der Waals surface area contributed by atoms with E-state index in [-0.39, 0.29) is 17.1 Å². The van der Waals surface area contributed by atoms with Crippen LogP contribution in [0.4, 0.5) is 0 Å². The van der Waals surface area contributed by atoms with Crippen LogP contribution < -0.4 is 4.74 Å². The predicted molar refractivity (Wildman–Crippen MR) is 93.4 cm³/mol. The molecule has 0 bridgehead atoms. The van der Waals surface area contributed by atoms with Crippen molar-refractivity contribution in [3.63, 3.8) is 0 Å². The van der Waals surface area contributed by atoms with Gasteiger partial charge in [0.25, 0.3) is 0 Å². The van der Waals surface area contributed by atoms with Crippen LogP contribution in [0.3, 0.4) is 0 Å². The van der Waals surface area contributed by atoms with E-state index in [2.05, 4.69) is 57.6 Å². The summed E-state index contributed by atoms with van der Waals surface area (Å²) in [5.41, 5.74) is 0.204. The summed E-state index contributed by atoms with van der Waals surface area (Å²) in [5.74, 6) is 1.46. The van der Waals surface area contributed by atoms with Crippen molar-refractivity contribution >= 4 is 6.08 Å². The van der Waals surface area contributed by atoms with Gasteiger partial charge in [0.1, 0.15) is 6.10 Å². The average Bonchev–Trinajstić information content (AvgIpc) is 2.35. The molecule has 0 amide bonds. The van der Waals surface area contributed by atoms with Crippen LogP contribution in [0.1, 0.15) is 66.6 Å². The molecule has 4 heteroatoms. The Morgan fingerprint density at radius 1 is 1.04 bits per heavy atom. The maximum atomic E-state index is 5.91. The minimum absolute atomic E-state index is 0.0835. The van der Waals surface area contributed by atoms with E-state index in [0.29, 0.717) is 6.10 Å². The van der Waals surface area contributed by atoms with Gasteiger partial charge in [0.05, 0.1) is 24.1 Å². The first-order valence-electron chi connectivity index (χ1n) is 8.44. The van der Waals surface area contributed by atoms with Crippen molar-refractivity contribution in [1.82, 2.24) is 9.97 Å². The molecule has 1 heterocycles. The topological polar surface area (TPSA) is 44.2 Å². The Hall–Kier alpha value is -1.42. The zero-order valence-electron chi connectivity index (χ0n) is 15.3. The molecule has 23 heavy (non-hydrogen) atoms. The minimum Gasteiger partial charge on any atom is -0.487 e. The van der Waals surface area contributed by atoms with Gasteiger partial charge < -0.3 is 9.47 Å². The Balaban J connectivity index is 1.76. The van der Waals surface area contributed by atoms with E-state index in [4.69, 9.17) is 9.47 Å². The highest BCUT2D eigenvalue weighted by Gasteiger charge is 2.34. The van der Waals surface area contributed by atoms with Crippen molar-refractivity contribution in [3.05, 3.63) is 24.3 Å². The van der Waals surface area contributed by atoms with Gasteiger partial charge in [-0.05, 0) is 38.7 Å². The van der Waals surface area contributed by atoms with E-state index in [0.717, 1.165) is 30.8 Å². The van der Waals surface area contributed by atoms with Crippen LogP contribution in [0.15, 0.2) is 18.5 Å². The van der Waals surface area contributed by atoms with Gasteiger partial charge in [0.2, 0.25) is 0 Å². The third kappa shape index (κ3) is 6.69. The Kier molecular flexibility index (Phi) is 5.45. The second-order valence-electron chi connectivity index (χ2n) is 8.51. The van der Waals surface area contributed by atoms with Crippen LogP contribution in [0.25, 0.3) is 6.08 Å². The van der Waals surface area contributed by atoms with Crippen molar-refractivity contribution in [1.29, 1.82) is 0 Å². The van der Waals surface area contributed by atoms with Gasteiger partial charge in [-0.3, -0.25) is 0 Å². The zero-order valence-corrected chi connectivity index (χ0v) is 15.3. The first-order valence-corrected chi connectivity index (χ1v) is 8.44. The number of ether oxygens (including phenoxy) is 2. The molecule has 0 aromatic carbocycles. The number of hydrogen-bond donors (Lipinski definition) is 0. The molecular weight excluding hydrogens is 288 g/mol. The summed E-state index contributed by atoms with van der Waals surface area (Å²) in [4.78, 5) is 8.67. The molecule has 0 atom stereocenters. The predicted octanol–water partition coefficient (Wildman–Crippen LogP) is 4.65. The molecule has 1 fully saturated rings. The lowest BCUT2D eigenvalue weighted by molar-refractivity contribution is -0.126. The summed E-state index contributed by atoms with van der Waals surface area (Å²) in [7, 11) is 0. The Morgan fingerprint density at radius 3 is 2.17 bits per heavy atom. The summed E-state index contributed by atoms with van der Waals surface area (Å²) < 4.78 is 11.8. The van der Waals surface area contributed by atoms with Crippen molar-refractivity contribution in [2.45, 2.75) is 78.6 Å². The zero-order chi connectivity index (χ0) is 17.1. The van der Waals surface area contributed by atoms with Crippen LogP contribution in [0.2, 0.25) is 0 Å². The largest absolute Gasteiger partial charge is 0.487 e. The van der Waals surface area contributed by atoms with Gasteiger partial charge in [0, 0.05) is 12.8 Å². The van der Waals surface area contributed by atoms with Crippen LogP contribution in [0, 0.1) is 5.41 Å². The van der Waals surface area contributed by atoms with E-state index in [1.165, 1.54) is 0 Å². The fraction of sp³-hybridized carbons (Fsp3) is 0.684. The average molecular weight is 318 g/mol. The van der Waals surface area contributed by atoms with Crippen LogP contribution in [-0.4, -0.2) is 27.8 Å². The quantitative estimate of drug-likeness (QED) is 0.792. The van der Waals surface area contributed by atoms with Gasteiger partial charge >= 0.3 is 0 Å². The van der Waals surface area contributed by atoms with Gasteiger partial charge in [0.15, 0.2) is 11.6 Å². The summed E-state index contributed by atoms with van der Waals surface area (Å²) in [6.45, 7) is 12.9. The number of rotatable bonds is 5. The lowest BCUT2D eigenvalue weighted by atomic mass is 9.91. The molecule has 1 aromatic heterocycles. The minimum atomic E-state index is -0.0835. The van der Waals surface area contributed by atoms with Crippen LogP contribution in [-0.2, 0) is 4.74 Å². The smallest absolute Gasteiger partial charge is 0.156 e. The van der Waals surface area contributed by atoms with Crippen molar-refractivity contribution in [3.8, 4) is 5.75 Å². The van der Waals surface area contributed by atoms with Crippen molar-refractivity contribution in [2.75, 3.05) is 0 Å². The summed E-state index contributed by atoms with van der Waals surface area (Å²) in [6.07, 6.45) is 11.0. The maximum absolute atomic E-state index is 5.91. The summed E-state index contributed by atoms with van der Waals surface area (Å²) in [6, 6.07) is 0. The molecular formula is C19H30N2O2. The third-order valence-electron chi connectivity index (χ3n) is 3.52. The molecule has 1 aromatic rings. The molecule has 4 nitrogen and oxygen atoms in total. The molecule has 1 aliphatic carbocycles. The Morgan fingerprint density at radius 2 is 1.65 bits per heavy atom. The molecule has 0 unspecified atom stereocenters. The highest BCUT2D eigenvalue weighted by atomic mass is 16.5. The second-order valence-corrected chi connectivity index (χ2v) is 8.51. The second kappa shape index (κ2) is 7.00. The standard InChI is InChI=1S/C19H30N2O2/c1-18(2,3)9-7-8-17-20-12-16(13-21-17)22-14-10-15(11-14)23-19(4,5)6/h7-8,12-15H,9-11H2,1-6H3/b8-7+/t14-,15-. The molecule has 128 valence electrons. The van der Waals surface area contributed by atoms with Crippen molar-refractivity contribution < 1.29 is 9.47 Å². The Labute approximate surface area is 140 Å². The highest BCUT2D eigenvalue weighted by molar-refractivity contribution is 5.39. The number of aromatic nitrogens is 2. The summed E-state index contributed by atoms with van der Waals surface area (Å²) in [5, 5.41) is 0. The van der Waals surface area contributed by atoms with E-state index < -0.39 is 0 Å². The van der Waals surface area contributed by atoms with Crippen molar-refractivity contribution in [2.24, 2.45) is 5.41 Å². The van der Waals surface area contributed by atoms with E-state index in [1.54, 1.807) is 12.4 Å². The first kappa shape index (κ1) is 17.9. The first-order chi connectivity index (χ1) is 10.6. The molecule has 0 spiro atoms.